The van der Waals surface area contributed by atoms with Crippen LogP contribution in [0.1, 0.15) is 32.6 Å². The van der Waals surface area contributed by atoms with E-state index >= 15 is 0 Å². The highest BCUT2D eigenvalue weighted by molar-refractivity contribution is 6.38. The van der Waals surface area contributed by atoms with Gasteiger partial charge in [0.05, 0.1) is 16.7 Å². The first-order chi connectivity index (χ1) is 17.9. The zero-order chi connectivity index (χ0) is 25.8. The predicted octanol–water partition coefficient (Wildman–Crippen LogP) is 7.49. The maximum Gasteiger partial charge on any atom is 0.277 e. The number of halogens is 2. The molecule has 4 aromatic carbocycles. The Balaban J connectivity index is 1.39. The fourth-order valence-electron chi connectivity index (χ4n) is 4.87. The summed E-state index contributed by atoms with van der Waals surface area (Å²) in [5, 5.41) is 10.1. The van der Waals surface area contributed by atoms with Gasteiger partial charge in [-0.2, -0.15) is 10.0 Å². The standard InChI is InChI=1S/C29H22Cl2N4O2/c1-17-25(18(2)27(31)19(3)26(17)30)28-32-37-35-33(28)23-11-7-8-12-24(23)34(35)29(36)22-15-13-21(14-16-22)20-9-5-4-6-10-20/h4-16H,1-3H3. The Morgan fingerprint density at radius 3 is 1.95 bits per heavy atom. The summed E-state index contributed by atoms with van der Waals surface area (Å²) >= 11 is 13.2. The third kappa shape index (κ3) is 3.60. The van der Waals surface area contributed by atoms with Gasteiger partial charge in [-0.1, -0.05) is 77.8 Å². The smallest absolute Gasteiger partial charge is 0.267 e. The summed E-state index contributed by atoms with van der Waals surface area (Å²) in [5.74, 6) is 0.250. The second kappa shape index (κ2) is 8.92. The van der Waals surface area contributed by atoms with Crippen LogP contribution in [-0.2, 0) is 4.94 Å². The van der Waals surface area contributed by atoms with Gasteiger partial charge in [-0.25, -0.2) is 0 Å². The molecule has 0 spiro atoms. The largest absolute Gasteiger partial charge is 0.277 e. The van der Waals surface area contributed by atoms with E-state index in [4.69, 9.17) is 28.1 Å². The molecule has 1 amide bonds. The van der Waals surface area contributed by atoms with Gasteiger partial charge in [-0.05, 0) is 78.0 Å². The topological polar surface area (TPSA) is 48.4 Å². The lowest BCUT2D eigenvalue weighted by Gasteiger charge is -2.25. The van der Waals surface area contributed by atoms with Crippen molar-refractivity contribution in [2.45, 2.75) is 20.8 Å². The number of amides is 1. The summed E-state index contributed by atoms with van der Waals surface area (Å²) in [6.45, 7) is 5.75. The van der Waals surface area contributed by atoms with Crippen molar-refractivity contribution in [3.05, 3.63) is 117 Å². The molecule has 0 N–H and O–H groups in total. The zero-order valence-corrected chi connectivity index (χ0v) is 21.9. The van der Waals surface area contributed by atoms with Crippen molar-refractivity contribution in [2.75, 3.05) is 10.0 Å². The first-order valence-corrected chi connectivity index (χ1v) is 12.5. The van der Waals surface area contributed by atoms with Crippen molar-refractivity contribution in [2.24, 2.45) is 5.16 Å². The number of amidine groups is 1. The van der Waals surface area contributed by atoms with Gasteiger partial charge in [-0.3, -0.25) is 9.73 Å². The molecular weight excluding hydrogens is 507 g/mol. The first-order valence-electron chi connectivity index (χ1n) is 11.8. The highest BCUT2D eigenvalue weighted by Crippen LogP contribution is 2.45. The van der Waals surface area contributed by atoms with Gasteiger partial charge in [0, 0.05) is 21.2 Å². The van der Waals surface area contributed by atoms with Crippen LogP contribution < -0.4 is 10.0 Å². The molecule has 184 valence electrons. The van der Waals surface area contributed by atoms with Gasteiger partial charge in [-0.15, -0.1) is 0 Å². The molecule has 2 heterocycles. The summed E-state index contributed by atoms with van der Waals surface area (Å²) in [6.07, 6.45) is 0. The number of rotatable bonds is 3. The molecule has 6 nitrogen and oxygen atoms in total. The number of anilines is 2. The molecule has 0 fully saturated rings. The minimum Gasteiger partial charge on any atom is -0.267 e. The van der Waals surface area contributed by atoms with Gasteiger partial charge >= 0.3 is 0 Å². The monoisotopic (exact) mass is 528 g/mol. The highest BCUT2D eigenvalue weighted by Gasteiger charge is 2.47. The third-order valence-electron chi connectivity index (χ3n) is 6.80. The molecule has 0 saturated heterocycles. The molecule has 37 heavy (non-hydrogen) atoms. The molecule has 0 bridgehead atoms. The lowest BCUT2D eigenvalue weighted by Crippen LogP contribution is -2.49. The number of para-hydroxylation sites is 2. The van der Waals surface area contributed by atoms with Crippen molar-refractivity contribution in [1.82, 2.24) is 5.28 Å². The number of nitrogens with zero attached hydrogens (tertiary/aromatic N) is 4. The number of hydrogen-bond acceptors (Lipinski definition) is 5. The SMILES string of the molecule is Cc1c(Cl)c(C)c(C2=NON3N(C(=O)c4ccc(-c5ccccc5)cc4)c4ccccc4N23)c(C)c1Cl. The number of oxime groups is 1. The Morgan fingerprint density at radius 2 is 1.30 bits per heavy atom. The summed E-state index contributed by atoms with van der Waals surface area (Å²) < 4.78 is 0. The molecule has 0 unspecified atom stereocenters. The van der Waals surface area contributed by atoms with Crippen LogP contribution in [0.2, 0.25) is 10.0 Å². The van der Waals surface area contributed by atoms with Gasteiger partial charge in [0.25, 0.3) is 5.91 Å². The molecular formula is C29H22Cl2N4O2. The normalized spacial score (nSPS) is 14.4. The average molecular weight is 529 g/mol. The number of carbonyl (C=O) groups excluding carboxylic acids is 1. The van der Waals surface area contributed by atoms with Crippen LogP contribution in [0.4, 0.5) is 11.4 Å². The van der Waals surface area contributed by atoms with Crippen LogP contribution in [-0.4, -0.2) is 17.0 Å². The van der Waals surface area contributed by atoms with E-state index in [1.165, 1.54) is 10.3 Å². The van der Waals surface area contributed by atoms with Crippen molar-refractivity contribution < 1.29 is 9.73 Å². The van der Waals surface area contributed by atoms with E-state index in [-0.39, 0.29) is 5.91 Å². The Labute approximate surface area is 224 Å². The Kier molecular flexibility index (Phi) is 5.68. The van der Waals surface area contributed by atoms with E-state index in [9.17, 15) is 4.79 Å². The van der Waals surface area contributed by atoms with Gasteiger partial charge in [0.2, 0.25) is 5.84 Å². The van der Waals surface area contributed by atoms with Crippen molar-refractivity contribution in [3.63, 3.8) is 0 Å². The fourth-order valence-corrected chi connectivity index (χ4v) is 5.30. The van der Waals surface area contributed by atoms with E-state index in [0.29, 0.717) is 27.1 Å². The van der Waals surface area contributed by atoms with Crippen LogP contribution in [0.3, 0.4) is 0 Å². The van der Waals surface area contributed by atoms with E-state index in [2.05, 4.69) is 5.16 Å². The van der Waals surface area contributed by atoms with Crippen LogP contribution in [0.15, 0.2) is 84.0 Å². The summed E-state index contributed by atoms with van der Waals surface area (Å²) in [4.78, 5) is 19.6. The Morgan fingerprint density at radius 1 is 0.730 bits per heavy atom. The van der Waals surface area contributed by atoms with Gasteiger partial charge < -0.3 is 0 Å². The average Bonchev–Trinajstić information content (AvgIpc) is 3.50. The minimum absolute atomic E-state index is 0.251. The van der Waals surface area contributed by atoms with Crippen LogP contribution in [0.5, 0.6) is 0 Å². The lowest BCUT2D eigenvalue weighted by molar-refractivity contribution is -0.135. The minimum atomic E-state index is -0.251. The second-order valence-electron chi connectivity index (χ2n) is 8.99. The summed E-state index contributed by atoms with van der Waals surface area (Å²) in [7, 11) is 0. The lowest BCUT2D eigenvalue weighted by atomic mass is 9.98. The Bertz CT molecular complexity index is 1560. The van der Waals surface area contributed by atoms with E-state index in [1.807, 2.05) is 99.6 Å². The zero-order valence-electron chi connectivity index (χ0n) is 20.4. The maximum atomic E-state index is 13.8. The quantitative estimate of drug-likeness (QED) is 0.276. The molecule has 0 aromatic heterocycles. The van der Waals surface area contributed by atoms with E-state index < -0.39 is 0 Å². The molecule has 0 atom stereocenters. The second-order valence-corrected chi connectivity index (χ2v) is 9.74. The number of hydrazine groups is 2. The first kappa shape index (κ1) is 23.6. The predicted molar refractivity (Wildman–Crippen MR) is 148 cm³/mol. The molecule has 0 aliphatic carbocycles. The maximum absolute atomic E-state index is 13.8. The number of hydrogen-bond donors (Lipinski definition) is 0. The van der Waals surface area contributed by atoms with Crippen LogP contribution >= 0.6 is 23.2 Å². The third-order valence-corrected chi connectivity index (χ3v) is 7.94. The van der Waals surface area contributed by atoms with Gasteiger partial charge in [0.15, 0.2) is 0 Å². The Hall–Kier alpha value is -3.84. The molecule has 2 aliphatic rings. The highest BCUT2D eigenvalue weighted by atomic mass is 35.5. The van der Waals surface area contributed by atoms with Crippen molar-refractivity contribution >= 4 is 46.3 Å². The van der Waals surface area contributed by atoms with Gasteiger partial charge in [0.1, 0.15) is 0 Å². The molecule has 8 heteroatoms. The molecule has 6 rings (SSSR count). The molecule has 0 radical (unpaired) electrons. The fraction of sp³-hybridized carbons (Fsp3) is 0.103. The number of carbonyl (C=O) groups is 1. The number of fused-ring (bicyclic) bond motifs is 3. The van der Waals surface area contributed by atoms with Crippen molar-refractivity contribution in [1.29, 1.82) is 0 Å². The van der Waals surface area contributed by atoms with Crippen LogP contribution in [0.25, 0.3) is 11.1 Å². The summed E-state index contributed by atoms with van der Waals surface area (Å²) in [6, 6.07) is 25.1. The summed E-state index contributed by atoms with van der Waals surface area (Å²) in [5.41, 5.74) is 7.31. The van der Waals surface area contributed by atoms with Crippen LogP contribution in [0, 0.1) is 20.8 Å². The van der Waals surface area contributed by atoms with E-state index in [0.717, 1.165) is 39.1 Å². The van der Waals surface area contributed by atoms with E-state index in [1.54, 1.807) is 5.01 Å². The molecule has 2 aliphatic heterocycles. The molecule has 4 aromatic rings. The number of benzene rings is 4. The molecule has 0 saturated carbocycles. The van der Waals surface area contributed by atoms with Crippen molar-refractivity contribution in [3.8, 4) is 11.1 Å².